The van der Waals surface area contributed by atoms with Gasteiger partial charge in [-0.15, -0.1) is 0 Å². The van der Waals surface area contributed by atoms with Crippen LogP contribution in [-0.4, -0.2) is 20.3 Å². The van der Waals surface area contributed by atoms with E-state index in [-0.39, 0.29) is 0 Å². The number of rotatable bonds is 4. The number of hydrogen-bond donors (Lipinski definition) is 1. The summed E-state index contributed by atoms with van der Waals surface area (Å²) in [6.45, 7) is 9.57. The molecule has 0 saturated carbocycles. The van der Waals surface area contributed by atoms with Gasteiger partial charge < -0.3 is 5.11 Å². The minimum absolute atomic E-state index is 0.474. The minimum atomic E-state index is -1.43. The number of nitrogens with zero attached hydrogens (tertiary/aromatic N) is 1. The second-order valence-electron chi connectivity index (χ2n) is 7.09. The van der Waals surface area contributed by atoms with Gasteiger partial charge in [0.25, 0.3) is 0 Å². The molecule has 4 heteroatoms. The molecular weight excluding hydrogens is 318 g/mol. The van der Waals surface area contributed by atoms with Crippen molar-refractivity contribution in [2.45, 2.75) is 45.0 Å². The maximum Gasteiger partial charge on any atom is 0.151 e. The molecule has 128 valence electrons. The van der Waals surface area contributed by atoms with Crippen LogP contribution in [0.4, 0.5) is 0 Å². The lowest BCUT2D eigenvalue weighted by Gasteiger charge is -2.26. The van der Waals surface area contributed by atoms with Crippen molar-refractivity contribution in [3.8, 4) is 0 Å². The fraction of sp³-hybridized carbons (Fsp3) is 0.350. The third-order valence-electron chi connectivity index (χ3n) is 3.84. The quantitative estimate of drug-likeness (QED) is 0.851. The third-order valence-corrected chi connectivity index (χ3v) is 5.19. The summed E-state index contributed by atoms with van der Waals surface area (Å²) in [6.07, 6.45) is 1.41. The molecule has 0 aliphatic heterocycles. The molecule has 0 aliphatic carbocycles. The molecule has 0 fully saturated rings. The van der Waals surface area contributed by atoms with E-state index in [0.717, 1.165) is 11.1 Å². The van der Waals surface area contributed by atoms with Gasteiger partial charge in [0, 0.05) is 0 Å². The van der Waals surface area contributed by atoms with E-state index in [1.165, 1.54) is 6.21 Å². The van der Waals surface area contributed by atoms with Crippen molar-refractivity contribution >= 4 is 17.2 Å². The summed E-state index contributed by atoms with van der Waals surface area (Å²) in [5, 5.41) is 11.4. The van der Waals surface area contributed by atoms with Gasteiger partial charge in [0.1, 0.15) is 11.0 Å². The van der Waals surface area contributed by atoms with Crippen molar-refractivity contribution in [2.24, 2.45) is 4.40 Å². The van der Waals surface area contributed by atoms with E-state index in [0.29, 0.717) is 11.1 Å². The van der Waals surface area contributed by atoms with E-state index in [9.17, 15) is 9.32 Å². The Morgan fingerprint density at radius 1 is 0.875 bits per heavy atom. The fourth-order valence-electron chi connectivity index (χ4n) is 2.21. The van der Waals surface area contributed by atoms with Crippen molar-refractivity contribution in [1.82, 2.24) is 0 Å². The molecule has 2 rings (SSSR count). The molecule has 1 atom stereocenters. The number of hydrogen-bond acceptors (Lipinski definition) is 2. The van der Waals surface area contributed by atoms with Crippen LogP contribution in [0.25, 0.3) is 0 Å². The van der Waals surface area contributed by atoms with Crippen LogP contribution in [0, 0.1) is 13.8 Å². The minimum Gasteiger partial charge on any atom is -0.375 e. The first kappa shape index (κ1) is 18.6. The SMILES string of the molecule is Cc1ccc(C(O)(/C=N/[S@@](=O)C(C)(C)C)c2ccc(C)cc2)cc1. The first-order valence-corrected chi connectivity index (χ1v) is 9.07. The van der Waals surface area contributed by atoms with Crippen LogP contribution in [0.1, 0.15) is 43.0 Å². The molecular formula is C20H25NO2S. The Balaban J connectivity index is 2.52. The summed E-state index contributed by atoms with van der Waals surface area (Å²) in [7, 11) is -1.43. The van der Waals surface area contributed by atoms with Gasteiger partial charge in [-0.3, -0.25) is 0 Å². The Labute approximate surface area is 147 Å². The predicted molar refractivity (Wildman–Crippen MR) is 102 cm³/mol. The van der Waals surface area contributed by atoms with E-state index < -0.39 is 21.3 Å². The summed E-state index contributed by atoms with van der Waals surface area (Å²) in [5.74, 6) is 0. The fourth-order valence-corrected chi connectivity index (χ4v) is 2.78. The highest BCUT2D eigenvalue weighted by molar-refractivity contribution is 7.85. The molecule has 1 N–H and O–H groups in total. The van der Waals surface area contributed by atoms with Crippen molar-refractivity contribution < 1.29 is 9.32 Å². The Bertz CT molecular complexity index is 695. The first-order valence-electron chi connectivity index (χ1n) is 7.97. The van der Waals surface area contributed by atoms with E-state index in [2.05, 4.69) is 4.40 Å². The van der Waals surface area contributed by atoms with Crippen molar-refractivity contribution in [1.29, 1.82) is 0 Å². The van der Waals surface area contributed by atoms with Crippen LogP contribution in [0.15, 0.2) is 52.9 Å². The molecule has 2 aromatic rings. The van der Waals surface area contributed by atoms with Gasteiger partial charge in [-0.25, -0.2) is 4.21 Å². The van der Waals surface area contributed by atoms with E-state index in [1.807, 2.05) is 83.1 Å². The molecule has 0 radical (unpaired) electrons. The van der Waals surface area contributed by atoms with E-state index in [4.69, 9.17) is 0 Å². The number of aliphatic hydroxyl groups is 1. The molecule has 0 unspecified atom stereocenters. The first-order chi connectivity index (χ1) is 11.1. The van der Waals surface area contributed by atoms with Crippen molar-refractivity contribution in [3.05, 3.63) is 70.8 Å². The van der Waals surface area contributed by atoms with Crippen LogP contribution >= 0.6 is 0 Å². The smallest absolute Gasteiger partial charge is 0.151 e. The molecule has 0 saturated heterocycles. The van der Waals surface area contributed by atoms with Gasteiger partial charge in [0.15, 0.2) is 5.60 Å². The molecule has 0 heterocycles. The summed E-state index contributed by atoms with van der Waals surface area (Å²) in [6, 6.07) is 15.3. The van der Waals surface area contributed by atoms with Crippen LogP contribution in [-0.2, 0) is 16.6 Å². The highest BCUT2D eigenvalue weighted by atomic mass is 32.2. The molecule has 2 aromatic carbocycles. The van der Waals surface area contributed by atoms with E-state index in [1.54, 1.807) is 0 Å². The van der Waals surface area contributed by atoms with Crippen LogP contribution in [0.3, 0.4) is 0 Å². The van der Waals surface area contributed by atoms with Crippen molar-refractivity contribution in [3.63, 3.8) is 0 Å². The zero-order valence-corrected chi connectivity index (χ0v) is 15.7. The van der Waals surface area contributed by atoms with Crippen LogP contribution in [0.2, 0.25) is 0 Å². The number of benzene rings is 2. The monoisotopic (exact) mass is 343 g/mol. The lowest BCUT2D eigenvalue weighted by molar-refractivity contribution is 0.161. The van der Waals surface area contributed by atoms with Gasteiger partial charge in [0.2, 0.25) is 0 Å². The standard InChI is InChI=1S/C20H25NO2S/c1-15-6-10-17(11-7-15)20(22,14-21-24(23)19(3,4)5)18-12-8-16(2)9-13-18/h6-14,22H,1-5H3/b21-14+/t24-/m0/s1. The van der Waals surface area contributed by atoms with Gasteiger partial charge in [-0.1, -0.05) is 59.7 Å². The summed E-state index contributed by atoms with van der Waals surface area (Å²) in [4.78, 5) is 0. The third kappa shape index (κ3) is 4.19. The Morgan fingerprint density at radius 2 is 1.25 bits per heavy atom. The van der Waals surface area contributed by atoms with Gasteiger partial charge in [0.05, 0.1) is 11.0 Å². The van der Waals surface area contributed by atoms with Crippen molar-refractivity contribution in [2.75, 3.05) is 0 Å². The highest BCUT2D eigenvalue weighted by Gasteiger charge is 2.31. The maximum atomic E-state index is 12.3. The van der Waals surface area contributed by atoms with Crippen LogP contribution in [0.5, 0.6) is 0 Å². The largest absolute Gasteiger partial charge is 0.375 e. The lowest BCUT2D eigenvalue weighted by Crippen LogP contribution is -2.30. The average molecular weight is 343 g/mol. The van der Waals surface area contributed by atoms with Crippen LogP contribution < -0.4 is 0 Å². The summed E-state index contributed by atoms with van der Waals surface area (Å²) < 4.78 is 16.0. The Kier molecular flexibility index (Phi) is 5.41. The van der Waals surface area contributed by atoms with Gasteiger partial charge >= 0.3 is 0 Å². The lowest BCUT2D eigenvalue weighted by atomic mass is 9.87. The topological polar surface area (TPSA) is 49.7 Å². The zero-order chi connectivity index (χ0) is 18.0. The highest BCUT2D eigenvalue weighted by Crippen LogP contribution is 2.29. The predicted octanol–water partition coefficient (Wildman–Crippen LogP) is 4.07. The molecule has 0 aliphatic rings. The average Bonchev–Trinajstić information content (AvgIpc) is 2.52. The normalized spacial score (nSPS) is 14.1. The molecule has 0 amide bonds. The van der Waals surface area contributed by atoms with E-state index >= 15 is 0 Å². The summed E-state index contributed by atoms with van der Waals surface area (Å²) >= 11 is 0. The maximum absolute atomic E-state index is 12.3. The summed E-state index contributed by atoms with van der Waals surface area (Å²) in [5.41, 5.74) is 2.21. The molecule has 3 nitrogen and oxygen atoms in total. The zero-order valence-electron chi connectivity index (χ0n) is 14.9. The second-order valence-corrected chi connectivity index (χ2v) is 9.03. The van der Waals surface area contributed by atoms with Gasteiger partial charge in [-0.05, 0) is 45.7 Å². The second kappa shape index (κ2) is 6.99. The molecule has 0 aromatic heterocycles. The molecule has 0 spiro atoms. The Hall–Kier alpha value is -1.78. The molecule has 0 bridgehead atoms. The van der Waals surface area contributed by atoms with Gasteiger partial charge in [-0.2, -0.15) is 4.40 Å². The number of aryl methyl sites for hydroxylation is 2. The Morgan fingerprint density at radius 3 is 1.58 bits per heavy atom. The molecule has 24 heavy (non-hydrogen) atoms.